The first-order valence-corrected chi connectivity index (χ1v) is 5.99. The predicted molar refractivity (Wildman–Crippen MR) is 63.8 cm³/mol. The highest BCUT2D eigenvalue weighted by Gasteiger charge is 2.11. The van der Waals surface area contributed by atoms with Crippen LogP contribution in [0.1, 0.15) is 51.1 Å². The molecular formula is C12H23N3. The third-order valence-electron chi connectivity index (χ3n) is 2.61. The summed E-state index contributed by atoms with van der Waals surface area (Å²) in [7, 11) is 1.97. The first kappa shape index (κ1) is 12.2. The molecule has 0 aliphatic heterocycles. The topological polar surface area (TPSA) is 29.9 Å². The van der Waals surface area contributed by atoms with Gasteiger partial charge in [0.05, 0.1) is 6.20 Å². The van der Waals surface area contributed by atoms with E-state index in [4.69, 9.17) is 0 Å². The van der Waals surface area contributed by atoms with E-state index in [2.05, 4.69) is 30.5 Å². The fraction of sp³-hybridized carbons (Fsp3) is 0.750. The second-order valence-corrected chi connectivity index (χ2v) is 4.10. The van der Waals surface area contributed by atoms with Crippen molar-refractivity contribution in [3.05, 3.63) is 18.0 Å². The number of aromatic nitrogens is 2. The molecule has 0 fully saturated rings. The molecule has 1 aromatic heterocycles. The van der Waals surface area contributed by atoms with Crippen molar-refractivity contribution >= 4 is 0 Å². The van der Waals surface area contributed by atoms with Gasteiger partial charge in [0, 0.05) is 24.8 Å². The molecule has 0 spiro atoms. The molecule has 1 rings (SSSR count). The van der Waals surface area contributed by atoms with Crippen molar-refractivity contribution in [2.24, 2.45) is 7.05 Å². The van der Waals surface area contributed by atoms with E-state index in [0.29, 0.717) is 6.04 Å². The Bertz CT molecular complexity index is 260. The molecule has 1 aromatic rings. The van der Waals surface area contributed by atoms with Crippen molar-refractivity contribution < 1.29 is 0 Å². The number of unbranched alkanes of at least 4 members (excludes halogenated alkanes) is 1. The van der Waals surface area contributed by atoms with Crippen LogP contribution in [-0.2, 0) is 7.05 Å². The summed E-state index contributed by atoms with van der Waals surface area (Å²) in [5.74, 6) is 0. The van der Waals surface area contributed by atoms with Crippen molar-refractivity contribution in [1.82, 2.24) is 15.1 Å². The van der Waals surface area contributed by atoms with Gasteiger partial charge in [-0.3, -0.25) is 4.68 Å². The van der Waals surface area contributed by atoms with Crippen molar-refractivity contribution in [3.8, 4) is 0 Å². The Morgan fingerprint density at radius 1 is 1.40 bits per heavy atom. The van der Waals surface area contributed by atoms with E-state index in [9.17, 15) is 0 Å². The van der Waals surface area contributed by atoms with E-state index in [1.165, 1.54) is 31.2 Å². The van der Waals surface area contributed by atoms with Crippen LogP contribution in [0.4, 0.5) is 0 Å². The molecule has 3 heteroatoms. The molecular weight excluding hydrogens is 186 g/mol. The Hall–Kier alpha value is -0.830. The molecule has 3 nitrogen and oxygen atoms in total. The van der Waals surface area contributed by atoms with Gasteiger partial charge in [-0.25, -0.2) is 0 Å². The van der Waals surface area contributed by atoms with Crippen molar-refractivity contribution in [2.45, 2.75) is 45.6 Å². The minimum absolute atomic E-state index is 0.485. The highest BCUT2D eigenvalue weighted by atomic mass is 15.2. The van der Waals surface area contributed by atoms with Gasteiger partial charge in [-0.05, 0) is 19.4 Å². The molecule has 86 valence electrons. The molecule has 0 aliphatic rings. The van der Waals surface area contributed by atoms with Gasteiger partial charge in [-0.1, -0.05) is 26.7 Å². The van der Waals surface area contributed by atoms with E-state index in [0.717, 1.165) is 6.54 Å². The second kappa shape index (κ2) is 6.62. The molecule has 0 saturated heterocycles. The zero-order valence-electron chi connectivity index (χ0n) is 10.2. The first-order valence-electron chi connectivity index (χ1n) is 5.99. The quantitative estimate of drug-likeness (QED) is 0.748. The molecule has 0 amide bonds. The fourth-order valence-electron chi connectivity index (χ4n) is 1.73. The smallest absolute Gasteiger partial charge is 0.0537 e. The van der Waals surface area contributed by atoms with Crippen LogP contribution in [0.2, 0.25) is 0 Å². The maximum atomic E-state index is 4.23. The molecule has 0 radical (unpaired) electrons. The van der Waals surface area contributed by atoms with Crippen LogP contribution in [-0.4, -0.2) is 16.3 Å². The zero-order valence-corrected chi connectivity index (χ0v) is 10.2. The lowest BCUT2D eigenvalue weighted by molar-refractivity contribution is 0.481. The first-order chi connectivity index (χ1) is 7.27. The van der Waals surface area contributed by atoms with E-state index >= 15 is 0 Å². The van der Waals surface area contributed by atoms with E-state index < -0.39 is 0 Å². The maximum absolute atomic E-state index is 4.23. The number of nitrogens with one attached hydrogen (secondary N) is 1. The summed E-state index contributed by atoms with van der Waals surface area (Å²) < 4.78 is 1.88. The van der Waals surface area contributed by atoms with E-state index in [-0.39, 0.29) is 0 Å². The van der Waals surface area contributed by atoms with Crippen LogP contribution < -0.4 is 5.32 Å². The van der Waals surface area contributed by atoms with Gasteiger partial charge in [0.2, 0.25) is 0 Å². The minimum atomic E-state index is 0.485. The molecule has 0 bridgehead atoms. The lowest BCUT2D eigenvalue weighted by atomic mass is 10.0. The normalized spacial score (nSPS) is 13.0. The Morgan fingerprint density at radius 3 is 2.73 bits per heavy atom. The van der Waals surface area contributed by atoms with Gasteiger partial charge in [0.25, 0.3) is 0 Å². The number of hydrogen-bond acceptors (Lipinski definition) is 2. The van der Waals surface area contributed by atoms with Crippen LogP contribution in [0.15, 0.2) is 12.4 Å². The van der Waals surface area contributed by atoms with Crippen molar-refractivity contribution in [2.75, 3.05) is 6.54 Å². The monoisotopic (exact) mass is 209 g/mol. The van der Waals surface area contributed by atoms with Crippen LogP contribution in [0, 0.1) is 0 Å². The average Bonchev–Trinajstić information content (AvgIpc) is 2.65. The van der Waals surface area contributed by atoms with Gasteiger partial charge in [0.1, 0.15) is 0 Å². The molecule has 0 saturated carbocycles. The van der Waals surface area contributed by atoms with Crippen LogP contribution >= 0.6 is 0 Å². The fourth-order valence-corrected chi connectivity index (χ4v) is 1.73. The average molecular weight is 209 g/mol. The summed E-state index contributed by atoms with van der Waals surface area (Å²) in [6.45, 7) is 5.52. The van der Waals surface area contributed by atoms with Gasteiger partial charge in [0.15, 0.2) is 0 Å². The third kappa shape index (κ3) is 4.04. The minimum Gasteiger partial charge on any atom is -0.310 e. The standard InChI is InChI=1S/C12H23N3/c1-4-6-7-12(13-8-5-2)11-9-14-15(3)10-11/h9-10,12-13H,4-8H2,1-3H3. The Balaban J connectivity index is 2.54. The van der Waals surface area contributed by atoms with Gasteiger partial charge < -0.3 is 5.32 Å². The molecule has 0 aliphatic carbocycles. The molecule has 1 N–H and O–H groups in total. The van der Waals surface area contributed by atoms with Crippen LogP contribution in [0.5, 0.6) is 0 Å². The highest BCUT2D eigenvalue weighted by Crippen LogP contribution is 2.18. The molecule has 0 aromatic carbocycles. The molecule has 1 unspecified atom stereocenters. The molecule has 1 heterocycles. The summed E-state index contributed by atoms with van der Waals surface area (Å²) in [6.07, 6.45) is 9.01. The van der Waals surface area contributed by atoms with Gasteiger partial charge >= 0.3 is 0 Å². The summed E-state index contributed by atoms with van der Waals surface area (Å²) in [6, 6.07) is 0.485. The van der Waals surface area contributed by atoms with Gasteiger partial charge in [-0.15, -0.1) is 0 Å². The summed E-state index contributed by atoms with van der Waals surface area (Å²) in [5.41, 5.74) is 1.32. The molecule has 1 atom stereocenters. The Morgan fingerprint density at radius 2 is 2.20 bits per heavy atom. The predicted octanol–water partition coefficient (Wildman–Crippen LogP) is 2.65. The van der Waals surface area contributed by atoms with Crippen LogP contribution in [0.3, 0.4) is 0 Å². The van der Waals surface area contributed by atoms with Crippen molar-refractivity contribution in [3.63, 3.8) is 0 Å². The summed E-state index contributed by atoms with van der Waals surface area (Å²) >= 11 is 0. The number of hydrogen-bond donors (Lipinski definition) is 1. The second-order valence-electron chi connectivity index (χ2n) is 4.10. The summed E-state index contributed by atoms with van der Waals surface area (Å²) in [5, 5.41) is 7.81. The van der Waals surface area contributed by atoms with Gasteiger partial charge in [-0.2, -0.15) is 5.10 Å². The van der Waals surface area contributed by atoms with E-state index in [1.54, 1.807) is 0 Å². The lowest BCUT2D eigenvalue weighted by Crippen LogP contribution is -2.21. The highest BCUT2D eigenvalue weighted by molar-refractivity contribution is 5.10. The Labute approximate surface area is 92.9 Å². The maximum Gasteiger partial charge on any atom is 0.0537 e. The zero-order chi connectivity index (χ0) is 11.1. The number of nitrogens with zero attached hydrogens (tertiary/aromatic N) is 2. The third-order valence-corrected chi connectivity index (χ3v) is 2.61. The van der Waals surface area contributed by atoms with E-state index in [1.807, 2.05) is 17.9 Å². The number of aryl methyl sites for hydroxylation is 1. The van der Waals surface area contributed by atoms with Crippen molar-refractivity contribution in [1.29, 1.82) is 0 Å². The van der Waals surface area contributed by atoms with Crippen LogP contribution in [0.25, 0.3) is 0 Å². The summed E-state index contributed by atoms with van der Waals surface area (Å²) in [4.78, 5) is 0. The number of rotatable bonds is 7. The Kier molecular flexibility index (Phi) is 5.40. The molecule has 15 heavy (non-hydrogen) atoms. The lowest BCUT2D eigenvalue weighted by Gasteiger charge is -2.16. The SMILES string of the molecule is CCCCC(NCCC)c1cnn(C)c1. The largest absolute Gasteiger partial charge is 0.310 e.